The van der Waals surface area contributed by atoms with E-state index < -0.39 is 11.7 Å². The average Bonchev–Trinajstić information content (AvgIpc) is 2.45. The maximum Gasteiger partial charge on any atom is 0.416 e. The van der Waals surface area contributed by atoms with Crippen molar-refractivity contribution in [1.29, 1.82) is 0 Å². The Morgan fingerprint density at radius 2 is 1.81 bits per heavy atom. The molecule has 0 bridgehead atoms. The van der Waals surface area contributed by atoms with Gasteiger partial charge in [-0.1, -0.05) is 52.3 Å². The fraction of sp³-hybridized carbons (Fsp3) is 0.250. The second-order valence-electron chi connectivity index (χ2n) is 4.77. The Morgan fingerprint density at radius 1 is 1.10 bits per heavy atom. The van der Waals surface area contributed by atoms with Gasteiger partial charge in [0.2, 0.25) is 0 Å². The van der Waals surface area contributed by atoms with E-state index in [-0.39, 0.29) is 6.04 Å². The summed E-state index contributed by atoms with van der Waals surface area (Å²) in [6, 6.07) is 13.1. The minimum atomic E-state index is -4.31. The number of hydrogen-bond acceptors (Lipinski definition) is 1. The lowest BCUT2D eigenvalue weighted by Gasteiger charge is -2.19. The molecule has 2 aromatic carbocycles. The maximum atomic E-state index is 12.8. The standard InChI is InChI=1S/C16H15BrF3N/c1-21-15(13-7-2-3-8-14(13)17)10-11-5-4-6-12(9-11)16(18,19)20/h2-9,15,21H,10H2,1H3. The number of likely N-dealkylation sites (N-methyl/N-ethyl adjacent to an activating group) is 1. The molecule has 1 atom stereocenters. The first-order chi connectivity index (χ1) is 9.91. The number of hydrogen-bond donors (Lipinski definition) is 1. The average molecular weight is 358 g/mol. The SMILES string of the molecule is CNC(Cc1cccc(C(F)(F)F)c1)c1ccccc1Br. The molecular formula is C16H15BrF3N. The van der Waals surface area contributed by atoms with Crippen molar-refractivity contribution in [1.82, 2.24) is 5.32 Å². The van der Waals surface area contributed by atoms with Gasteiger partial charge in [0, 0.05) is 10.5 Å². The van der Waals surface area contributed by atoms with Gasteiger partial charge < -0.3 is 5.32 Å². The second kappa shape index (κ2) is 6.62. The molecule has 0 amide bonds. The fourth-order valence-electron chi connectivity index (χ4n) is 2.24. The molecule has 1 unspecified atom stereocenters. The molecule has 2 aromatic rings. The summed E-state index contributed by atoms with van der Waals surface area (Å²) in [7, 11) is 1.80. The molecule has 21 heavy (non-hydrogen) atoms. The summed E-state index contributed by atoms with van der Waals surface area (Å²) in [5.74, 6) is 0. The molecule has 2 rings (SSSR count). The van der Waals surface area contributed by atoms with E-state index in [1.54, 1.807) is 13.1 Å². The summed E-state index contributed by atoms with van der Waals surface area (Å²) in [6.45, 7) is 0. The third-order valence-electron chi connectivity index (χ3n) is 3.32. The molecule has 0 aliphatic rings. The van der Waals surface area contributed by atoms with Crippen LogP contribution in [0.1, 0.15) is 22.7 Å². The van der Waals surface area contributed by atoms with Crippen LogP contribution in [-0.4, -0.2) is 7.05 Å². The highest BCUT2D eigenvalue weighted by Crippen LogP contribution is 2.31. The molecule has 0 aromatic heterocycles. The first-order valence-corrected chi connectivity index (χ1v) is 7.29. The summed E-state index contributed by atoms with van der Waals surface area (Å²) >= 11 is 3.48. The van der Waals surface area contributed by atoms with E-state index in [1.807, 2.05) is 24.3 Å². The van der Waals surface area contributed by atoms with Gasteiger partial charge in [-0.25, -0.2) is 0 Å². The number of nitrogens with one attached hydrogen (secondary N) is 1. The molecule has 0 radical (unpaired) electrons. The molecule has 0 heterocycles. The zero-order valence-electron chi connectivity index (χ0n) is 11.4. The van der Waals surface area contributed by atoms with Crippen LogP contribution in [0.3, 0.4) is 0 Å². The highest BCUT2D eigenvalue weighted by Gasteiger charge is 2.30. The van der Waals surface area contributed by atoms with Crippen LogP contribution >= 0.6 is 15.9 Å². The van der Waals surface area contributed by atoms with E-state index in [0.29, 0.717) is 12.0 Å². The van der Waals surface area contributed by atoms with Crippen molar-refractivity contribution in [3.63, 3.8) is 0 Å². The van der Waals surface area contributed by atoms with Gasteiger partial charge in [0.25, 0.3) is 0 Å². The van der Waals surface area contributed by atoms with Crippen molar-refractivity contribution in [3.8, 4) is 0 Å². The van der Waals surface area contributed by atoms with E-state index in [4.69, 9.17) is 0 Å². The second-order valence-corrected chi connectivity index (χ2v) is 5.62. The lowest BCUT2D eigenvalue weighted by atomic mass is 9.98. The molecule has 0 saturated carbocycles. The number of halogens is 4. The Balaban J connectivity index is 2.26. The minimum absolute atomic E-state index is 0.0518. The Morgan fingerprint density at radius 3 is 2.43 bits per heavy atom. The molecule has 0 aliphatic carbocycles. The molecule has 0 fully saturated rings. The van der Waals surface area contributed by atoms with Crippen LogP contribution in [0.4, 0.5) is 13.2 Å². The van der Waals surface area contributed by atoms with Gasteiger partial charge in [-0.2, -0.15) is 13.2 Å². The number of alkyl halides is 3. The van der Waals surface area contributed by atoms with E-state index >= 15 is 0 Å². The highest BCUT2D eigenvalue weighted by molar-refractivity contribution is 9.10. The number of benzene rings is 2. The van der Waals surface area contributed by atoms with Crippen molar-refractivity contribution in [2.75, 3.05) is 7.05 Å². The van der Waals surface area contributed by atoms with E-state index in [2.05, 4.69) is 21.2 Å². The number of rotatable bonds is 4. The van der Waals surface area contributed by atoms with Gasteiger partial charge in [0.1, 0.15) is 0 Å². The summed E-state index contributed by atoms with van der Waals surface area (Å²) in [5.41, 5.74) is 1.07. The van der Waals surface area contributed by atoms with E-state index in [1.165, 1.54) is 12.1 Å². The predicted molar refractivity (Wildman–Crippen MR) is 81.1 cm³/mol. The van der Waals surface area contributed by atoms with E-state index in [9.17, 15) is 13.2 Å². The zero-order chi connectivity index (χ0) is 15.5. The predicted octanol–water partition coefficient (Wildman–Crippen LogP) is 4.97. The Bertz CT molecular complexity index is 610. The fourth-order valence-corrected chi connectivity index (χ4v) is 2.80. The minimum Gasteiger partial charge on any atom is -0.313 e. The largest absolute Gasteiger partial charge is 0.416 e. The van der Waals surface area contributed by atoms with Crippen LogP contribution in [0.15, 0.2) is 53.0 Å². The van der Waals surface area contributed by atoms with Crippen LogP contribution in [0.25, 0.3) is 0 Å². The van der Waals surface area contributed by atoms with Gasteiger partial charge in [-0.15, -0.1) is 0 Å². The van der Waals surface area contributed by atoms with Gasteiger partial charge in [-0.3, -0.25) is 0 Å². The lowest BCUT2D eigenvalue weighted by Crippen LogP contribution is -2.19. The Labute approximate surface area is 130 Å². The quantitative estimate of drug-likeness (QED) is 0.814. The van der Waals surface area contributed by atoms with Crippen molar-refractivity contribution >= 4 is 15.9 Å². The molecule has 112 valence electrons. The Hall–Kier alpha value is -1.33. The van der Waals surface area contributed by atoms with Gasteiger partial charge in [0.15, 0.2) is 0 Å². The lowest BCUT2D eigenvalue weighted by molar-refractivity contribution is -0.137. The molecule has 1 N–H and O–H groups in total. The van der Waals surface area contributed by atoms with Crippen molar-refractivity contribution in [2.24, 2.45) is 0 Å². The maximum absolute atomic E-state index is 12.8. The molecule has 1 nitrogen and oxygen atoms in total. The van der Waals surface area contributed by atoms with Crippen LogP contribution in [-0.2, 0) is 12.6 Å². The van der Waals surface area contributed by atoms with Gasteiger partial charge in [-0.05, 0) is 36.7 Å². The van der Waals surface area contributed by atoms with Crippen molar-refractivity contribution in [2.45, 2.75) is 18.6 Å². The zero-order valence-corrected chi connectivity index (χ0v) is 13.0. The normalized spacial score (nSPS) is 13.2. The molecule has 5 heteroatoms. The Kier molecular flexibility index (Phi) is 5.06. The summed E-state index contributed by atoms with van der Waals surface area (Å²) in [4.78, 5) is 0. The van der Waals surface area contributed by atoms with Crippen LogP contribution in [0, 0.1) is 0 Å². The monoisotopic (exact) mass is 357 g/mol. The smallest absolute Gasteiger partial charge is 0.313 e. The summed E-state index contributed by atoms with van der Waals surface area (Å²) in [5, 5.41) is 3.15. The van der Waals surface area contributed by atoms with Crippen LogP contribution in [0.5, 0.6) is 0 Å². The van der Waals surface area contributed by atoms with Crippen LogP contribution < -0.4 is 5.32 Å². The first-order valence-electron chi connectivity index (χ1n) is 6.49. The molecular weight excluding hydrogens is 343 g/mol. The summed E-state index contributed by atoms with van der Waals surface area (Å²) < 4.78 is 39.2. The summed E-state index contributed by atoms with van der Waals surface area (Å²) in [6.07, 6.45) is -3.82. The molecule has 0 saturated heterocycles. The van der Waals surface area contributed by atoms with Gasteiger partial charge >= 0.3 is 6.18 Å². The molecule has 0 spiro atoms. The highest BCUT2D eigenvalue weighted by atomic mass is 79.9. The molecule has 0 aliphatic heterocycles. The van der Waals surface area contributed by atoms with Gasteiger partial charge in [0.05, 0.1) is 5.56 Å². The third kappa shape index (κ3) is 4.08. The first kappa shape index (κ1) is 16.0. The van der Waals surface area contributed by atoms with E-state index in [0.717, 1.165) is 16.1 Å². The van der Waals surface area contributed by atoms with Crippen molar-refractivity contribution < 1.29 is 13.2 Å². The van der Waals surface area contributed by atoms with Crippen LogP contribution in [0.2, 0.25) is 0 Å². The topological polar surface area (TPSA) is 12.0 Å². The van der Waals surface area contributed by atoms with Crippen molar-refractivity contribution in [3.05, 3.63) is 69.7 Å². The third-order valence-corrected chi connectivity index (χ3v) is 4.05.